The van der Waals surface area contributed by atoms with E-state index >= 15 is 0 Å². The van der Waals surface area contributed by atoms with Crippen LogP contribution in [0.1, 0.15) is 40.5 Å². The fourth-order valence-electron chi connectivity index (χ4n) is 4.12. The van der Waals surface area contributed by atoms with Crippen LogP contribution in [0.4, 0.5) is 0 Å². The maximum atomic E-state index is 12.3. The van der Waals surface area contributed by atoms with Crippen molar-refractivity contribution < 1.29 is 27.5 Å². The van der Waals surface area contributed by atoms with Gasteiger partial charge in [0.25, 0.3) is 0 Å². The second kappa shape index (κ2) is 10.7. The lowest BCUT2D eigenvalue weighted by Crippen LogP contribution is -2.41. The van der Waals surface area contributed by atoms with Crippen molar-refractivity contribution in [1.82, 2.24) is 10.6 Å². The van der Waals surface area contributed by atoms with Crippen molar-refractivity contribution >= 4 is 21.7 Å². The molecule has 4 unspecified atom stereocenters. The number of carbonyl (C=O) groups is 2. The number of carbonyl (C=O) groups excluding carboxylic acids is 2. The normalized spacial score (nSPS) is 27.5. The molecule has 0 saturated carbocycles. The molecule has 2 aliphatic heterocycles. The van der Waals surface area contributed by atoms with Crippen LogP contribution in [0.15, 0.2) is 0 Å². The molecule has 0 aliphatic carbocycles. The summed E-state index contributed by atoms with van der Waals surface area (Å²) >= 11 is 0. The molecular weight excluding hydrogens is 396 g/mol. The van der Waals surface area contributed by atoms with E-state index in [1.807, 2.05) is 27.7 Å². The first-order valence-corrected chi connectivity index (χ1v) is 12.4. The Bertz CT molecular complexity index is 614. The highest BCUT2D eigenvalue weighted by atomic mass is 32.2. The molecule has 0 aromatic rings. The van der Waals surface area contributed by atoms with Crippen LogP contribution in [-0.4, -0.2) is 70.2 Å². The molecule has 29 heavy (non-hydrogen) atoms. The van der Waals surface area contributed by atoms with E-state index in [0.717, 1.165) is 0 Å². The first kappa shape index (κ1) is 24.1. The highest BCUT2D eigenvalue weighted by Gasteiger charge is 2.36. The average Bonchev–Trinajstić information content (AvgIpc) is 3.30. The maximum Gasteiger partial charge on any atom is 0.225 e. The van der Waals surface area contributed by atoms with E-state index in [4.69, 9.17) is 9.47 Å². The fourth-order valence-corrected chi connectivity index (χ4v) is 5.15. The van der Waals surface area contributed by atoms with Crippen LogP contribution in [0.25, 0.3) is 0 Å². The zero-order valence-electron chi connectivity index (χ0n) is 18.0. The van der Waals surface area contributed by atoms with Gasteiger partial charge in [-0.05, 0) is 24.7 Å². The number of amides is 2. The van der Waals surface area contributed by atoms with Gasteiger partial charge in [0.05, 0.1) is 35.5 Å². The number of ether oxygens (including phenoxy) is 2. The van der Waals surface area contributed by atoms with Gasteiger partial charge in [0.1, 0.15) is 0 Å². The summed E-state index contributed by atoms with van der Waals surface area (Å²) in [6.07, 6.45) is 1.10. The van der Waals surface area contributed by atoms with E-state index in [1.165, 1.54) is 0 Å². The van der Waals surface area contributed by atoms with Crippen molar-refractivity contribution in [2.75, 3.05) is 37.8 Å². The minimum atomic E-state index is -3.37. The summed E-state index contributed by atoms with van der Waals surface area (Å²) < 4.78 is 35.7. The van der Waals surface area contributed by atoms with E-state index in [9.17, 15) is 18.0 Å². The molecular formula is C20H36N2O6S. The van der Waals surface area contributed by atoms with Crippen LogP contribution in [0.2, 0.25) is 0 Å². The van der Waals surface area contributed by atoms with E-state index in [1.54, 1.807) is 0 Å². The Morgan fingerprint density at radius 2 is 1.21 bits per heavy atom. The fraction of sp³-hybridized carbons (Fsp3) is 0.900. The number of nitrogens with one attached hydrogen (secondary N) is 2. The van der Waals surface area contributed by atoms with Gasteiger partial charge in [0.15, 0.2) is 9.84 Å². The topological polar surface area (TPSA) is 111 Å². The van der Waals surface area contributed by atoms with Crippen molar-refractivity contribution in [3.63, 3.8) is 0 Å². The summed E-state index contributed by atoms with van der Waals surface area (Å²) in [5.74, 6) is -0.552. The number of hydrogen-bond donors (Lipinski definition) is 2. The average molecular weight is 433 g/mol. The molecule has 0 spiro atoms. The molecule has 4 atom stereocenters. The van der Waals surface area contributed by atoms with Gasteiger partial charge in [-0.2, -0.15) is 0 Å². The molecule has 9 heteroatoms. The molecule has 0 aromatic carbocycles. The first-order valence-electron chi connectivity index (χ1n) is 10.6. The maximum absolute atomic E-state index is 12.3. The van der Waals surface area contributed by atoms with E-state index < -0.39 is 9.84 Å². The summed E-state index contributed by atoms with van der Waals surface area (Å²) in [5, 5.41) is 5.45. The Kier molecular flexibility index (Phi) is 8.91. The molecule has 0 aromatic heterocycles. The quantitative estimate of drug-likeness (QED) is 0.527. The summed E-state index contributed by atoms with van der Waals surface area (Å²) in [6.45, 7) is 9.30. The highest BCUT2D eigenvalue weighted by Crippen LogP contribution is 2.27. The van der Waals surface area contributed by atoms with E-state index in [0.29, 0.717) is 26.1 Å². The molecule has 0 bridgehead atoms. The van der Waals surface area contributed by atoms with Crippen molar-refractivity contribution in [3.05, 3.63) is 0 Å². The predicted molar refractivity (Wildman–Crippen MR) is 110 cm³/mol. The van der Waals surface area contributed by atoms with Crippen LogP contribution in [-0.2, 0) is 28.9 Å². The third kappa shape index (κ3) is 6.93. The predicted octanol–water partition coefficient (Wildman–Crippen LogP) is 0.756. The molecule has 8 nitrogen and oxygen atoms in total. The number of rotatable bonds is 10. The van der Waals surface area contributed by atoms with Crippen LogP contribution in [0.5, 0.6) is 0 Å². The molecule has 168 valence electrons. The molecule has 2 amide bonds. The van der Waals surface area contributed by atoms with Crippen LogP contribution < -0.4 is 10.6 Å². The molecule has 2 fully saturated rings. The third-order valence-corrected chi connectivity index (χ3v) is 7.34. The lowest BCUT2D eigenvalue weighted by molar-refractivity contribution is -0.128. The second-order valence-electron chi connectivity index (χ2n) is 8.68. The van der Waals surface area contributed by atoms with Crippen molar-refractivity contribution in [1.29, 1.82) is 0 Å². The highest BCUT2D eigenvalue weighted by molar-refractivity contribution is 7.91. The SMILES string of the molecule is CC(C)C1OCCC1C(=O)NCCS(=O)(=O)CCNC(=O)C1CCOC1C(C)C. The van der Waals surface area contributed by atoms with Gasteiger partial charge < -0.3 is 20.1 Å². The second-order valence-corrected chi connectivity index (χ2v) is 11.0. The van der Waals surface area contributed by atoms with Gasteiger partial charge in [-0.3, -0.25) is 9.59 Å². The van der Waals surface area contributed by atoms with Gasteiger partial charge in [-0.1, -0.05) is 27.7 Å². The standard InChI is InChI=1S/C20H36N2O6S/c1-13(2)17-15(5-9-27-17)19(23)21-7-11-29(25,26)12-8-22-20(24)16-6-10-28-18(16)14(3)4/h13-18H,5-12H2,1-4H3,(H,21,23)(H,22,24). The van der Waals surface area contributed by atoms with E-state index in [2.05, 4.69) is 10.6 Å². The zero-order chi connectivity index (χ0) is 21.6. The summed E-state index contributed by atoms with van der Waals surface area (Å²) in [4.78, 5) is 24.7. The van der Waals surface area contributed by atoms with Crippen LogP contribution in [0, 0.1) is 23.7 Å². The van der Waals surface area contributed by atoms with Crippen LogP contribution in [0.3, 0.4) is 0 Å². The Labute approximate surface area is 174 Å². The Morgan fingerprint density at radius 1 is 0.828 bits per heavy atom. The molecule has 2 rings (SSSR count). The minimum Gasteiger partial charge on any atom is -0.377 e. The van der Waals surface area contributed by atoms with Gasteiger partial charge in [-0.15, -0.1) is 0 Å². The summed E-state index contributed by atoms with van der Waals surface area (Å²) in [6, 6.07) is 0. The number of hydrogen-bond acceptors (Lipinski definition) is 6. The summed E-state index contributed by atoms with van der Waals surface area (Å²) in [5.41, 5.74) is 0. The lowest BCUT2D eigenvalue weighted by Gasteiger charge is -2.21. The Hall–Kier alpha value is -1.19. The van der Waals surface area contributed by atoms with Gasteiger partial charge in [-0.25, -0.2) is 8.42 Å². The third-order valence-electron chi connectivity index (χ3n) is 5.68. The molecule has 2 aliphatic rings. The first-order chi connectivity index (χ1) is 13.6. The number of sulfone groups is 1. The monoisotopic (exact) mass is 432 g/mol. The molecule has 0 radical (unpaired) electrons. The Balaban J connectivity index is 1.69. The van der Waals surface area contributed by atoms with Gasteiger partial charge in [0.2, 0.25) is 11.8 Å². The van der Waals surface area contributed by atoms with Crippen molar-refractivity contribution in [2.24, 2.45) is 23.7 Å². The lowest BCUT2D eigenvalue weighted by atomic mass is 9.92. The van der Waals surface area contributed by atoms with Crippen LogP contribution >= 0.6 is 0 Å². The Morgan fingerprint density at radius 3 is 1.55 bits per heavy atom. The molecule has 2 heterocycles. The molecule has 2 saturated heterocycles. The molecule has 2 N–H and O–H groups in total. The van der Waals surface area contributed by atoms with Crippen molar-refractivity contribution in [2.45, 2.75) is 52.7 Å². The summed E-state index contributed by atoms with van der Waals surface area (Å²) in [7, 11) is -3.37. The minimum absolute atomic E-state index is 0.0717. The smallest absolute Gasteiger partial charge is 0.225 e. The van der Waals surface area contributed by atoms with Gasteiger partial charge in [0, 0.05) is 26.3 Å². The van der Waals surface area contributed by atoms with E-state index in [-0.39, 0.29) is 72.3 Å². The zero-order valence-corrected chi connectivity index (χ0v) is 18.8. The van der Waals surface area contributed by atoms with Gasteiger partial charge >= 0.3 is 0 Å². The largest absolute Gasteiger partial charge is 0.377 e. The van der Waals surface area contributed by atoms with Crippen molar-refractivity contribution in [3.8, 4) is 0 Å².